The summed E-state index contributed by atoms with van der Waals surface area (Å²) in [7, 11) is 2.06. The SMILES string of the molecule is C#CCC1(O)CCN(C)CC1. The second-order valence-electron chi connectivity index (χ2n) is 3.41. The van der Waals surface area contributed by atoms with Crippen molar-refractivity contribution in [2.24, 2.45) is 0 Å². The summed E-state index contributed by atoms with van der Waals surface area (Å²) in [4.78, 5) is 2.21. The molecule has 0 saturated carbocycles. The quantitative estimate of drug-likeness (QED) is 0.553. The van der Waals surface area contributed by atoms with Gasteiger partial charge in [0.25, 0.3) is 0 Å². The summed E-state index contributed by atoms with van der Waals surface area (Å²) in [6, 6.07) is 0. The lowest BCUT2D eigenvalue weighted by molar-refractivity contribution is -0.0110. The lowest BCUT2D eigenvalue weighted by atomic mass is 9.89. The number of aliphatic hydroxyl groups is 1. The third-order valence-electron chi connectivity index (χ3n) is 2.35. The van der Waals surface area contributed by atoms with Crippen LogP contribution < -0.4 is 0 Å². The van der Waals surface area contributed by atoms with Gasteiger partial charge in [-0.2, -0.15) is 0 Å². The smallest absolute Gasteiger partial charge is 0.0780 e. The number of terminal acetylenes is 1. The van der Waals surface area contributed by atoms with Crippen LogP contribution in [0, 0.1) is 12.3 Å². The van der Waals surface area contributed by atoms with Gasteiger partial charge in [-0.25, -0.2) is 0 Å². The number of piperidine rings is 1. The molecule has 0 spiro atoms. The molecule has 0 aromatic carbocycles. The molecular formula is C9H15NO. The van der Waals surface area contributed by atoms with Crippen molar-refractivity contribution in [3.63, 3.8) is 0 Å². The van der Waals surface area contributed by atoms with Gasteiger partial charge in [0.15, 0.2) is 0 Å². The van der Waals surface area contributed by atoms with Gasteiger partial charge in [0.2, 0.25) is 0 Å². The Labute approximate surface area is 68.2 Å². The first-order valence-corrected chi connectivity index (χ1v) is 4.01. The maximum atomic E-state index is 9.82. The molecule has 1 aliphatic heterocycles. The van der Waals surface area contributed by atoms with Gasteiger partial charge in [0, 0.05) is 19.5 Å². The minimum atomic E-state index is -0.568. The highest BCUT2D eigenvalue weighted by Crippen LogP contribution is 2.23. The van der Waals surface area contributed by atoms with Crippen molar-refractivity contribution < 1.29 is 5.11 Å². The summed E-state index contributed by atoms with van der Waals surface area (Å²) >= 11 is 0. The lowest BCUT2D eigenvalue weighted by Crippen LogP contribution is -2.42. The Bertz CT molecular complexity index is 163. The first kappa shape index (κ1) is 8.58. The monoisotopic (exact) mass is 153 g/mol. The van der Waals surface area contributed by atoms with E-state index in [0.717, 1.165) is 25.9 Å². The summed E-state index contributed by atoms with van der Waals surface area (Å²) in [5.41, 5.74) is -0.568. The van der Waals surface area contributed by atoms with Gasteiger partial charge in [0.05, 0.1) is 5.60 Å². The third kappa shape index (κ3) is 2.21. The zero-order valence-corrected chi connectivity index (χ0v) is 7.01. The topological polar surface area (TPSA) is 23.5 Å². The molecule has 0 aromatic rings. The van der Waals surface area contributed by atoms with Crippen molar-refractivity contribution in [1.29, 1.82) is 0 Å². The number of rotatable bonds is 1. The highest BCUT2D eigenvalue weighted by molar-refractivity contribution is 4.97. The fourth-order valence-corrected chi connectivity index (χ4v) is 1.40. The Hall–Kier alpha value is -0.520. The van der Waals surface area contributed by atoms with Crippen LogP contribution in [0.4, 0.5) is 0 Å². The molecule has 0 aliphatic carbocycles. The predicted molar refractivity (Wildman–Crippen MR) is 45.1 cm³/mol. The van der Waals surface area contributed by atoms with Crippen LogP contribution in [0.15, 0.2) is 0 Å². The van der Waals surface area contributed by atoms with Crippen LogP contribution in [-0.2, 0) is 0 Å². The van der Waals surface area contributed by atoms with Crippen molar-refractivity contribution in [1.82, 2.24) is 4.90 Å². The molecule has 1 N–H and O–H groups in total. The fourth-order valence-electron chi connectivity index (χ4n) is 1.40. The molecule has 0 atom stereocenters. The molecule has 2 nitrogen and oxygen atoms in total. The average Bonchev–Trinajstić information content (AvgIpc) is 1.97. The largest absolute Gasteiger partial charge is 0.389 e. The highest BCUT2D eigenvalue weighted by Gasteiger charge is 2.29. The van der Waals surface area contributed by atoms with Gasteiger partial charge >= 0.3 is 0 Å². The Morgan fingerprint density at radius 3 is 2.55 bits per heavy atom. The Morgan fingerprint density at radius 1 is 1.55 bits per heavy atom. The molecule has 1 aliphatic rings. The van der Waals surface area contributed by atoms with Crippen molar-refractivity contribution in [2.75, 3.05) is 20.1 Å². The van der Waals surface area contributed by atoms with E-state index in [1.807, 2.05) is 0 Å². The minimum absolute atomic E-state index is 0.501. The second-order valence-corrected chi connectivity index (χ2v) is 3.41. The van der Waals surface area contributed by atoms with E-state index in [2.05, 4.69) is 17.9 Å². The third-order valence-corrected chi connectivity index (χ3v) is 2.35. The molecule has 1 rings (SSSR count). The van der Waals surface area contributed by atoms with Gasteiger partial charge in [0.1, 0.15) is 0 Å². The Morgan fingerprint density at radius 2 is 2.09 bits per heavy atom. The maximum Gasteiger partial charge on any atom is 0.0780 e. The van der Waals surface area contributed by atoms with E-state index in [0.29, 0.717) is 6.42 Å². The van der Waals surface area contributed by atoms with E-state index in [9.17, 15) is 5.11 Å². The zero-order valence-electron chi connectivity index (χ0n) is 7.01. The van der Waals surface area contributed by atoms with E-state index >= 15 is 0 Å². The molecular weight excluding hydrogens is 138 g/mol. The molecule has 1 saturated heterocycles. The predicted octanol–water partition coefficient (Wildman–Crippen LogP) is 0.466. The first-order valence-electron chi connectivity index (χ1n) is 4.01. The van der Waals surface area contributed by atoms with Crippen LogP contribution in [-0.4, -0.2) is 35.7 Å². The highest BCUT2D eigenvalue weighted by atomic mass is 16.3. The molecule has 1 fully saturated rings. The molecule has 62 valence electrons. The number of hydrogen-bond acceptors (Lipinski definition) is 2. The Kier molecular flexibility index (Phi) is 2.53. The van der Waals surface area contributed by atoms with Crippen LogP contribution in [0.25, 0.3) is 0 Å². The van der Waals surface area contributed by atoms with Crippen molar-refractivity contribution >= 4 is 0 Å². The van der Waals surface area contributed by atoms with Crippen LogP contribution in [0.5, 0.6) is 0 Å². The van der Waals surface area contributed by atoms with Gasteiger partial charge in [-0.1, -0.05) is 0 Å². The van der Waals surface area contributed by atoms with Gasteiger partial charge < -0.3 is 10.0 Å². The van der Waals surface area contributed by atoms with E-state index in [4.69, 9.17) is 6.42 Å². The molecule has 1 heterocycles. The summed E-state index contributed by atoms with van der Waals surface area (Å²) in [6.07, 6.45) is 7.28. The zero-order chi connectivity index (χ0) is 8.32. The van der Waals surface area contributed by atoms with E-state index in [1.54, 1.807) is 0 Å². The van der Waals surface area contributed by atoms with Crippen LogP contribution in [0.2, 0.25) is 0 Å². The number of likely N-dealkylation sites (tertiary alicyclic amines) is 1. The standard InChI is InChI=1S/C9H15NO/c1-3-4-9(11)5-7-10(2)8-6-9/h1,11H,4-8H2,2H3. The van der Waals surface area contributed by atoms with Gasteiger partial charge in [-0.15, -0.1) is 12.3 Å². The van der Waals surface area contributed by atoms with Crippen molar-refractivity contribution in [3.05, 3.63) is 0 Å². The first-order chi connectivity index (χ1) is 5.16. The lowest BCUT2D eigenvalue weighted by Gasteiger charge is -2.35. The molecule has 11 heavy (non-hydrogen) atoms. The fraction of sp³-hybridized carbons (Fsp3) is 0.778. The van der Waals surface area contributed by atoms with Crippen molar-refractivity contribution in [3.8, 4) is 12.3 Å². The van der Waals surface area contributed by atoms with Gasteiger partial charge in [-0.05, 0) is 19.9 Å². The summed E-state index contributed by atoms with van der Waals surface area (Å²) in [5.74, 6) is 2.52. The second kappa shape index (κ2) is 3.25. The summed E-state index contributed by atoms with van der Waals surface area (Å²) in [6.45, 7) is 1.91. The molecule has 0 unspecified atom stereocenters. The molecule has 2 heteroatoms. The maximum absolute atomic E-state index is 9.82. The number of hydrogen-bond donors (Lipinski definition) is 1. The minimum Gasteiger partial charge on any atom is -0.389 e. The van der Waals surface area contributed by atoms with E-state index in [1.165, 1.54) is 0 Å². The van der Waals surface area contributed by atoms with Crippen LogP contribution in [0.3, 0.4) is 0 Å². The average molecular weight is 153 g/mol. The Balaban J connectivity index is 2.43. The van der Waals surface area contributed by atoms with E-state index in [-0.39, 0.29) is 0 Å². The molecule has 0 amide bonds. The van der Waals surface area contributed by atoms with E-state index < -0.39 is 5.60 Å². The van der Waals surface area contributed by atoms with Crippen molar-refractivity contribution in [2.45, 2.75) is 24.9 Å². The van der Waals surface area contributed by atoms with Crippen LogP contribution >= 0.6 is 0 Å². The molecule has 0 aromatic heterocycles. The molecule has 0 bridgehead atoms. The normalized spacial score (nSPS) is 24.5. The van der Waals surface area contributed by atoms with Gasteiger partial charge in [-0.3, -0.25) is 0 Å². The summed E-state index contributed by atoms with van der Waals surface area (Å²) in [5, 5.41) is 9.82. The number of nitrogens with zero attached hydrogens (tertiary/aromatic N) is 1. The molecule has 0 radical (unpaired) electrons. The summed E-state index contributed by atoms with van der Waals surface area (Å²) < 4.78 is 0. The van der Waals surface area contributed by atoms with Crippen LogP contribution in [0.1, 0.15) is 19.3 Å².